The highest BCUT2D eigenvalue weighted by Crippen LogP contribution is 2.32. The molecule has 2 atom stereocenters. The molecular weight excluding hydrogens is 328 g/mol. The summed E-state index contributed by atoms with van der Waals surface area (Å²) in [4.78, 5) is 23.1. The monoisotopic (exact) mass is 348 g/mol. The Labute approximate surface area is 151 Å². The summed E-state index contributed by atoms with van der Waals surface area (Å²) >= 11 is 0. The molecule has 0 saturated carbocycles. The minimum atomic E-state index is 0.0674. The molecule has 1 saturated heterocycles. The number of hydrogen-bond acceptors (Lipinski definition) is 5. The van der Waals surface area contributed by atoms with Gasteiger partial charge in [0.25, 0.3) is 0 Å². The van der Waals surface area contributed by atoms with Crippen LogP contribution in [0.2, 0.25) is 0 Å². The fourth-order valence-corrected chi connectivity index (χ4v) is 3.38. The van der Waals surface area contributed by atoms with Crippen molar-refractivity contribution in [2.24, 2.45) is 5.92 Å². The Balaban J connectivity index is 1.46. The van der Waals surface area contributed by atoms with E-state index in [1.165, 1.54) is 0 Å². The van der Waals surface area contributed by atoms with Crippen LogP contribution in [0, 0.1) is 5.92 Å². The second-order valence-corrected chi connectivity index (χ2v) is 6.74. The Kier molecular flexibility index (Phi) is 4.48. The van der Waals surface area contributed by atoms with Gasteiger partial charge in [-0.05, 0) is 23.6 Å². The highest BCUT2D eigenvalue weighted by molar-refractivity contribution is 5.79. The van der Waals surface area contributed by atoms with E-state index in [-0.39, 0.29) is 17.7 Å². The molecule has 0 bridgehead atoms. The summed E-state index contributed by atoms with van der Waals surface area (Å²) in [6.45, 7) is 3.45. The van der Waals surface area contributed by atoms with Gasteiger partial charge in [0.15, 0.2) is 0 Å². The maximum Gasteiger partial charge on any atom is 0.232 e. The van der Waals surface area contributed by atoms with Gasteiger partial charge in [-0.1, -0.05) is 42.4 Å². The summed E-state index contributed by atoms with van der Waals surface area (Å²) < 4.78 is 5.50. The Hall–Kier alpha value is -3.02. The van der Waals surface area contributed by atoms with Gasteiger partial charge in [-0.3, -0.25) is 9.78 Å². The molecule has 2 aromatic heterocycles. The molecule has 1 amide bonds. The maximum absolute atomic E-state index is 12.6. The van der Waals surface area contributed by atoms with Crippen molar-refractivity contribution < 1.29 is 9.32 Å². The van der Waals surface area contributed by atoms with E-state index in [1.54, 1.807) is 12.4 Å². The van der Waals surface area contributed by atoms with Crippen LogP contribution in [0.1, 0.15) is 24.3 Å². The van der Waals surface area contributed by atoms with E-state index in [2.05, 4.69) is 22.0 Å². The molecule has 3 heterocycles. The number of benzene rings is 1. The van der Waals surface area contributed by atoms with Crippen LogP contribution in [0.5, 0.6) is 0 Å². The molecule has 6 heteroatoms. The van der Waals surface area contributed by atoms with E-state index in [0.29, 0.717) is 31.2 Å². The number of pyridine rings is 1. The van der Waals surface area contributed by atoms with Crippen molar-refractivity contribution in [1.29, 1.82) is 0 Å². The number of carbonyl (C=O) groups excluding carboxylic acids is 1. The highest BCUT2D eigenvalue weighted by atomic mass is 16.5. The van der Waals surface area contributed by atoms with Crippen LogP contribution in [-0.4, -0.2) is 39.0 Å². The Bertz CT molecular complexity index is 879. The fraction of sp³-hybridized carbons (Fsp3) is 0.300. The minimum Gasteiger partial charge on any atom is -0.341 e. The van der Waals surface area contributed by atoms with Crippen molar-refractivity contribution in [2.75, 3.05) is 13.1 Å². The predicted octanol–water partition coefficient (Wildman–Crippen LogP) is 2.94. The van der Waals surface area contributed by atoms with Crippen LogP contribution in [-0.2, 0) is 11.2 Å². The van der Waals surface area contributed by atoms with E-state index in [1.807, 2.05) is 47.4 Å². The molecule has 1 aliphatic rings. The summed E-state index contributed by atoms with van der Waals surface area (Å²) in [5.41, 5.74) is 1.91. The number of hydrogen-bond donors (Lipinski definition) is 0. The van der Waals surface area contributed by atoms with E-state index >= 15 is 0 Å². The Morgan fingerprint density at radius 1 is 1.15 bits per heavy atom. The summed E-state index contributed by atoms with van der Waals surface area (Å²) in [7, 11) is 0. The normalized spacial score (nSPS) is 19.7. The Morgan fingerprint density at radius 3 is 2.69 bits per heavy atom. The summed E-state index contributed by atoms with van der Waals surface area (Å²) in [5, 5.41) is 4.09. The zero-order chi connectivity index (χ0) is 17.9. The molecule has 6 nitrogen and oxygen atoms in total. The van der Waals surface area contributed by atoms with Gasteiger partial charge in [-0.15, -0.1) is 0 Å². The molecule has 132 valence electrons. The van der Waals surface area contributed by atoms with Crippen molar-refractivity contribution in [3.8, 4) is 11.4 Å². The van der Waals surface area contributed by atoms with Crippen molar-refractivity contribution in [1.82, 2.24) is 20.0 Å². The average Bonchev–Trinajstić information content (AvgIpc) is 3.30. The van der Waals surface area contributed by atoms with Gasteiger partial charge >= 0.3 is 0 Å². The largest absolute Gasteiger partial charge is 0.341 e. The van der Waals surface area contributed by atoms with Gasteiger partial charge in [0.2, 0.25) is 17.6 Å². The first kappa shape index (κ1) is 16.4. The van der Waals surface area contributed by atoms with Gasteiger partial charge in [0.1, 0.15) is 0 Å². The molecule has 0 spiro atoms. The van der Waals surface area contributed by atoms with Gasteiger partial charge in [-0.25, -0.2) is 0 Å². The molecule has 26 heavy (non-hydrogen) atoms. The molecule has 1 fully saturated rings. The molecule has 1 aromatic carbocycles. The maximum atomic E-state index is 12.6. The smallest absolute Gasteiger partial charge is 0.232 e. The molecule has 1 aliphatic heterocycles. The number of rotatable bonds is 4. The van der Waals surface area contributed by atoms with Gasteiger partial charge < -0.3 is 9.42 Å². The van der Waals surface area contributed by atoms with Crippen molar-refractivity contribution in [3.05, 3.63) is 66.3 Å². The van der Waals surface area contributed by atoms with Crippen LogP contribution < -0.4 is 0 Å². The lowest BCUT2D eigenvalue weighted by molar-refractivity contribution is -0.129. The third-order valence-electron chi connectivity index (χ3n) is 4.86. The second kappa shape index (κ2) is 7.07. The molecule has 0 N–H and O–H groups in total. The van der Waals surface area contributed by atoms with Crippen LogP contribution in [0.15, 0.2) is 59.4 Å². The van der Waals surface area contributed by atoms with Gasteiger partial charge in [-0.2, -0.15) is 4.98 Å². The number of carbonyl (C=O) groups is 1. The molecule has 4 rings (SSSR count). The zero-order valence-electron chi connectivity index (χ0n) is 14.6. The van der Waals surface area contributed by atoms with Gasteiger partial charge in [0, 0.05) is 31.0 Å². The van der Waals surface area contributed by atoms with Crippen LogP contribution >= 0.6 is 0 Å². The topological polar surface area (TPSA) is 72.1 Å². The fourth-order valence-electron chi connectivity index (χ4n) is 3.38. The summed E-state index contributed by atoms with van der Waals surface area (Å²) in [5.74, 6) is 1.64. The lowest BCUT2D eigenvalue weighted by atomic mass is 9.98. The molecule has 0 aliphatic carbocycles. The van der Waals surface area contributed by atoms with Gasteiger partial charge in [0.05, 0.1) is 12.3 Å². The lowest BCUT2D eigenvalue weighted by Gasteiger charge is -2.15. The van der Waals surface area contributed by atoms with Crippen molar-refractivity contribution in [3.63, 3.8) is 0 Å². The van der Waals surface area contributed by atoms with E-state index in [0.717, 1.165) is 11.1 Å². The van der Waals surface area contributed by atoms with E-state index < -0.39 is 0 Å². The standard InChI is InChI=1S/C20H20N4O2/c1-14-12-24(18(25)11-15-5-3-2-4-6-15)13-17(14)20-22-19(23-26-20)16-7-9-21-10-8-16/h2-10,14,17H,11-13H2,1H3/t14-,17-/m0/s1. The lowest BCUT2D eigenvalue weighted by Crippen LogP contribution is -2.30. The quantitative estimate of drug-likeness (QED) is 0.725. The van der Waals surface area contributed by atoms with Crippen LogP contribution in [0.3, 0.4) is 0 Å². The second-order valence-electron chi connectivity index (χ2n) is 6.74. The first-order valence-corrected chi connectivity index (χ1v) is 8.76. The predicted molar refractivity (Wildman–Crippen MR) is 96.2 cm³/mol. The zero-order valence-corrected chi connectivity index (χ0v) is 14.6. The first-order valence-electron chi connectivity index (χ1n) is 8.76. The Morgan fingerprint density at radius 2 is 1.92 bits per heavy atom. The number of amides is 1. The number of aromatic nitrogens is 3. The van der Waals surface area contributed by atoms with Crippen LogP contribution in [0.25, 0.3) is 11.4 Å². The number of likely N-dealkylation sites (tertiary alicyclic amines) is 1. The summed E-state index contributed by atoms with van der Waals surface area (Å²) in [6, 6.07) is 13.5. The van der Waals surface area contributed by atoms with E-state index in [9.17, 15) is 4.79 Å². The van der Waals surface area contributed by atoms with Crippen molar-refractivity contribution in [2.45, 2.75) is 19.3 Å². The minimum absolute atomic E-state index is 0.0674. The molecule has 0 unspecified atom stereocenters. The third kappa shape index (κ3) is 3.35. The highest BCUT2D eigenvalue weighted by Gasteiger charge is 2.36. The van der Waals surface area contributed by atoms with Crippen LogP contribution in [0.4, 0.5) is 0 Å². The third-order valence-corrected chi connectivity index (χ3v) is 4.86. The first-order chi connectivity index (χ1) is 12.7. The molecular formula is C20H20N4O2. The molecule has 3 aromatic rings. The SMILES string of the molecule is C[C@H]1CN(C(=O)Cc2ccccc2)C[C@@H]1c1nc(-c2ccncc2)no1. The average molecular weight is 348 g/mol. The summed E-state index contributed by atoms with van der Waals surface area (Å²) in [6.07, 6.45) is 3.83. The van der Waals surface area contributed by atoms with E-state index in [4.69, 9.17) is 4.52 Å². The number of nitrogens with zero attached hydrogens (tertiary/aromatic N) is 4. The molecule has 0 radical (unpaired) electrons. The van der Waals surface area contributed by atoms with Crippen molar-refractivity contribution >= 4 is 5.91 Å².